The lowest BCUT2D eigenvalue weighted by molar-refractivity contribution is -0.121. The minimum atomic E-state index is -2.87. The number of aromatic nitrogens is 3. The van der Waals surface area contributed by atoms with Crippen LogP contribution in [0.1, 0.15) is 23.1 Å². The molecule has 2 aromatic heterocycles. The van der Waals surface area contributed by atoms with Gasteiger partial charge in [-0.2, -0.15) is 8.78 Å². The molecule has 186 valence electrons. The molecule has 4 aromatic rings. The van der Waals surface area contributed by atoms with E-state index in [0.29, 0.717) is 28.7 Å². The topological polar surface area (TPSA) is 122 Å². The fourth-order valence-electron chi connectivity index (χ4n) is 3.44. The van der Waals surface area contributed by atoms with E-state index in [0.717, 1.165) is 11.1 Å². The van der Waals surface area contributed by atoms with Gasteiger partial charge in [0.1, 0.15) is 11.5 Å². The van der Waals surface area contributed by atoms with Crippen LogP contribution in [0.2, 0.25) is 0 Å². The van der Waals surface area contributed by atoms with E-state index in [-0.39, 0.29) is 24.7 Å². The lowest BCUT2D eigenvalue weighted by Gasteiger charge is -2.17. The normalized spacial score (nSPS) is 11.8. The third-order valence-corrected chi connectivity index (χ3v) is 5.16. The molecule has 0 bridgehead atoms. The molecule has 4 rings (SSSR count). The number of carbonyl (C=O) groups excluding carboxylic acids is 1. The van der Waals surface area contributed by atoms with Crippen LogP contribution in [0.4, 0.5) is 20.4 Å². The molecule has 0 saturated heterocycles. The molecule has 0 radical (unpaired) electrons. The van der Waals surface area contributed by atoms with Crippen molar-refractivity contribution in [2.24, 2.45) is 0 Å². The molecular formula is C25H23F2N5O4. The summed E-state index contributed by atoms with van der Waals surface area (Å²) in [6.45, 7) is -1.37. The van der Waals surface area contributed by atoms with Gasteiger partial charge in [-0.3, -0.25) is 4.79 Å². The SMILES string of the molecule is Cc1cc(CC(=O)NC(CO)c2ccc(Nc3ncc(-c4ccc(OC(F)F)cc4)cn3)cc2)on1. The molecule has 9 nitrogen and oxygen atoms in total. The lowest BCUT2D eigenvalue weighted by Crippen LogP contribution is -2.31. The highest BCUT2D eigenvalue weighted by molar-refractivity contribution is 5.78. The predicted octanol–water partition coefficient (Wildman–Crippen LogP) is 4.18. The van der Waals surface area contributed by atoms with Crippen LogP contribution in [0.25, 0.3) is 11.1 Å². The minimum Gasteiger partial charge on any atom is -0.435 e. The number of alkyl halides is 2. The third-order valence-electron chi connectivity index (χ3n) is 5.16. The first-order chi connectivity index (χ1) is 17.4. The molecule has 0 aliphatic heterocycles. The minimum absolute atomic E-state index is 0.0257. The van der Waals surface area contributed by atoms with E-state index in [4.69, 9.17) is 4.52 Å². The highest BCUT2D eigenvalue weighted by Gasteiger charge is 2.16. The second-order valence-electron chi connectivity index (χ2n) is 7.86. The number of rotatable bonds is 10. The number of hydrogen-bond donors (Lipinski definition) is 3. The fourth-order valence-corrected chi connectivity index (χ4v) is 3.44. The Balaban J connectivity index is 1.34. The Morgan fingerprint density at radius 3 is 2.33 bits per heavy atom. The van der Waals surface area contributed by atoms with Crippen molar-refractivity contribution < 1.29 is 27.9 Å². The van der Waals surface area contributed by atoms with Crippen LogP contribution in [0, 0.1) is 6.92 Å². The summed E-state index contributed by atoms with van der Waals surface area (Å²) >= 11 is 0. The molecule has 3 N–H and O–H groups in total. The summed E-state index contributed by atoms with van der Waals surface area (Å²) in [5.74, 6) is 0.588. The molecule has 1 unspecified atom stereocenters. The number of hydrogen-bond acceptors (Lipinski definition) is 8. The Labute approximate surface area is 205 Å². The first kappa shape index (κ1) is 24.7. The van der Waals surface area contributed by atoms with Gasteiger partial charge in [0.15, 0.2) is 0 Å². The van der Waals surface area contributed by atoms with Gasteiger partial charge in [-0.25, -0.2) is 9.97 Å². The Hall–Kier alpha value is -4.38. The smallest absolute Gasteiger partial charge is 0.387 e. The van der Waals surface area contributed by atoms with Crippen LogP contribution in [-0.2, 0) is 11.2 Å². The van der Waals surface area contributed by atoms with E-state index in [2.05, 4.69) is 30.5 Å². The van der Waals surface area contributed by atoms with Crippen LogP contribution >= 0.6 is 0 Å². The van der Waals surface area contributed by atoms with Crippen molar-refractivity contribution in [3.8, 4) is 16.9 Å². The van der Waals surface area contributed by atoms with Crippen LogP contribution in [0.3, 0.4) is 0 Å². The van der Waals surface area contributed by atoms with Crippen molar-refractivity contribution in [1.29, 1.82) is 0 Å². The molecular weight excluding hydrogens is 472 g/mol. The zero-order valence-corrected chi connectivity index (χ0v) is 19.2. The fraction of sp³-hybridized carbons (Fsp3) is 0.200. The van der Waals surface area contributed by atoms with Gasteiger partial charge >= 0.3 is 6.61 Å². The van der Waals surface area contributed by atoms with E-state index in [9.17, 15) is 18.7 Å². The van der Waals surface area contributed by atoms with Crippen molar-refractivity contribution in [2.45, 2.75) is 26.0 Å². The van der Waals surface area contributed by atoms with Gasteiger partial charge in [0.25, 0.3) is 0 Å². The molecule has 2 aromatic carbocycles. The molecule has 11 heteroatoms. The quantitative estimate of drug-likeness (QED) is 0.300. The van der Waals surface area contributed by atoms with Crippen molar-refractivity contribution in [2.75, 3.05) is 11.9 Å². The Morgan fingerprint density at radius 2 is 1.75 bits per heavy atom. The maximum Gasteiger partial charge on any atom is 0.387 e. The molecule has 0 spiro atoms. The lowest BCUT2D eigenvalue weighted by atomic mass is 10.1. The largest absolute Gasteiger partial charge is 0.435 e. The number of halogens is 2. The predicted molar refractivity (Wildman–Crippen MR) is 127 cm³/mol. The monoisotopic (exact) mass is 495 g/mol. The highest BCUT2D eigenvalue weighted by Crippen LogP contribution is 2.24. The van der Waals surface area contributed by atoms with Gasteiger partial charge < -0.3 is 25.0 Å². The molecule has 1 atom stereocenters. The van der Waals surface area contributed by atoms with Crippen molar-refractivity contribution in [1.82, 2.24) is 20.4 Å². The summed E-state index contributed by atoms with van der Waals surface area (Å²) in [6, 6.07) is 14.4. The Kier molecular flexibility index (Phi) is 7.81. The van der Waals surface area contributed by atoms with Gasteiger partial charge in [0.05, 0.1) is 24.8 Å². The number of nitrogens with one attached hydrogen (secondary N) is 2. The van der Waals surface area contributed by atoms with E-state index < -0.39 is 12.7 Å². The van der Waals surface area contributed by atoms with Gasteiger partial charge in [0.2, 0.25) is 11.9 Å². The highest BCUT2D eigenvalue weighted by atomic mass is 19.3. The Bertz CT molecular complexity index is 1280. The van der Waals surface area contributed by atoms with E-state index in [1.54, 1.807) is 61.8 Å². The average Bonchev–Trinajstić information content (AvgIpc) is 3.28. The molecule has 0 aliphatic rings. The second kappa shape index (κ2) is 11.4. The zero-order chi connectivity index (χ0) is 25.5. The second-order valence-corrected chi connectivity index (χ2v) is 7.86. The molecule has 0 fully saturated rings. The first-order valence-electron chi connectivity index (χ1n) is 11.0. The van der Waals surface area contributed by atoms with E-state index in [1.165, 1.54) is 12.1 Å². The number of benzene rings is 2. The van der Waals surface area contributed by atoms with E-state index >= 15 is 0 Å². The molecule has 0 saturated carbocycles. The van der Waals surface area contributed by atoms with Crippen LogP contribution in [0.5, 0.6) is 5.75 Å². The van der Waals surface area contributed by atoms with Crippen LogP contribution in [-0.4, -0.2) is 39.4 Å². The first-order valence-corrected chi connectivity index (χ1v) is 11.0. The number of aliphatic hydroxyl groups excluding tert-OH is 1. The van der Waals surface area contributed by atoms with Gasteiger partial charge in [0, 0.05) is 29.7 Å². The number of amides is 1. The average molecular weight is 495 g/mol. The number of aliphatic hydroxyl groups is 1. The van der Waals surface area contributed by atoms with Crippen molar-refractivity contribution >= 4 is 17.5 Å². The molecule has 2 heterocycles. The summed E-state index contributed by atoms with van der Waals surface area (Å²) in [6.07, 6.45) is 3.25. The summed E-state index contributed by atoms with van der Waals surface area (Å²) < 4.78 is 34.0. The number of ether oxygens (including phenoxy) is 1. The summed E-state index contributed by atoms with van der Waals surface area (Å²) in [7, 11) is 0. The van der Waals surface area contributed by atoms with Gasteiger partial charge in [-0.05, 0) is 42.3 Å². The maximum absolute atomic E-state index is 12.3. The number of aryl methyl sites for hydroxylation is 1. The van der Waals surface area contributed by atoms with Crippen molar-refractivity contribution in [3.63, 3.8) is 0 Å². The van der Waals surface area contributed by atoms with E-state index in [1.807, 2.05) is 0 Å². The summed E-state index contributed by atoms with van der Waals surface area (Å²) in [5, 5.41) is 19.4. The van der Waals surface area contributed by atoms with Crippen LogP contribution in [0.15, 0.2) is 71.5 Å². The maximum atomic E-state index is 12.3. The van der Waals surface area contributed by atoms with Gasteiger partial charge in [-0.15, -0.1) is 0 Å². The summed E-state index contributed by atoms with van der Waals surface area (Å²) in [4.78, 5) is 20.9. The number of anilines is 2. The molecule has 0 aliphatic carbocycles. The molecule has 36 heavy (non-hydrogen) atoms. The molecule has 1 amide bonds. The Morgan fingerprint density at radius 1 is 1.06 bits per heavy atom. The standard InChI is InChI=1S/C25H23F2N5O4/c1-15-10-21(36-32-15)11-23(34)31-22(14-33)17-2-6-19(7-3-17)30-25-28-12-18(13-29-25)16-4-8-20(9-5-16)35-24(26)27/h2-10,12-13,22,24,33H,11,14H2,1H3,(H,31,34)(H,28,29,30). The number of carbonyl (C=O) groups is 1. The zero-order valence-electron chi connectivity index (χ0n) is 19.2. The number of nitrogens with zero attached hydrogens (tertiary/aromatic N) is 3. The third kappa shape index (κ3) is 6.60. The van der Waals surface area contributed by atoms with Crippen molar-refractivity contribution in [3.05, 3.63) is 84.0 Å². The van der Waals surface area contributed by atoms with Crippen LogP contribution < -0.4 is 15.4 Å². The van der Waals surface area contributed by atoms with Gasteiger partial charge in [-0.1, -0.05) is 29.4 Å². The summed E-state index contributed by atoms with van der Waals surface area (Å²) in [5.41, 5.74) is 3.58.